The summed E-state index contributed by atoms with van der Waals surface area (Å²) in [6, 6.07) is 0.370. The van der Waals surface area contributed by atoms with Crippen molar-refractivity contribution in [1.29, 1.82) is 0 Å². The molecule has 178 valence electrons. The molecule has 0 aromatic rings. The summed E-state index contributed by atoms with van der Waals surface area (Å²) in [6.07, 6.45) is 11.6. The highest BCUT2D eigenvalue weighted by Crippen LogP contribution is 2.60. The molecule has 2 atom stereocenters. The molecule has 0 spiro atoms. The Kier molecular flexibility index (Phi) is 5.53. The minimum absolute atomic E-state index is 0.127. The lowest BCUT2D eigenvalue weighted by Gasteiger charge is -2.56. The van der Waals surface area contributed by atoms with E-state index in [-0.39, 0.29) is 17.4 Å². The van der Waals surface area contributed by atoms with Crippen molar-refractivity contribution in [3.63, 3.8) is 0 Å². The first-order valence-corrected chi connectivity index (χ1v) is 13.5. The number of likely N-dealkylation sites (tertiary alicyclic amines) is 2. The van der Waals surface area contributed by atoms with Crippen LogP contribution in [0.4, 0.5) is 0 Å². The van der Waals surface area contributed by atoms with Gasteiger partial charge in [0.05, 0.1) is 18.1 Å². The monoisotopic (exact) mass is 443 g/mol. The second-order valence-corrected chi connectivity index (χ2v) is 12.1. The number of ether oxygens (including phenoxy) is 1. The third kappa shape index (κ3) is 3.70. The molecule has 0 N–H and O–H groups in total. The number of morpholine rings is 1. The van der Waals surface area contributed by atoms with Gasteiger partial charge in [0, 0.05) is 38.8 Å². The minimum Gasteiger partial charge on any atom is -0.376 e. The van der Waals surface area contributed by atoms with Gasteiger partial charge < -0.3 is 14.5 Å². The first-order chi connectivity index (χ1) is 15.5. The fraction of sp³-hybridized carbons (Fsp3) is 0.923. The Morgan fingerprint density at radius 1 is 0.875 bits per heavy atom. The number of hydrogen-bond acceptors (Lipinski definition) is 4. The Balaban J connectivity index is 1.09. The molecular weight excluding hydrogens is 402 g/mol. The molecule has 6 heteroatoms. The van der Waals surface area contributed by atoms with Gasteiger partial charge in [0.25, 0.3) is 0 Å². The van der Waals surface area contributed by atoms with Gasteiger partial charge >= 0.3 is 0 Å². The number of amides is 2. The summed E-state index contributed by atoms with van der Waals surface area (Å²) >= 11 is 0. The van der Waals surface area contributed by atoms with Gasteiger partial charge in [-0.25, -0.2) is 0 Å². The summed E-state index contributed by atoms with van der Waals surface area (Å²) in [5.74, 6) is 2.88. The van der Waals surface area contributed by atoms with Crippen molar-refractivity contribution < 1.29 is 14.3 Å². The van der Waals surface area contributed by atoms with Gasteiger partial charge in [0.15, 0.2) is 0 Å². The van der Waals surface area contributed by atoms with E-state index in [2.05, 4.69) is 16.7 Å². The highest BCUT2D eigenvalue weighted by atomic mass is 16.5. The third-order valence-corrected chi connectivity index (χ3v) is 9.86. The number of piperidine rings is 1. The SMILES string of the molecule is CC1CN(C2CCN(C(=O)C3CCCN3C(=O)C34CC5CC(CC(C5)C3)C4)CC2)CCO1. The molecule has 3 saturated heterocycles. The first-order valence-electron chi connectivity index (χ1n) is 13.5. The Hall–Kier alpha value is -1.14. The fourth-order valence-electron chi connectivity index (χ4n) is 8.78. The Morgan fingerprint density at radius 2 is 1.53 bits per heavy atom. The van der Waals surface area contributed by atoms with Gasteiger partial charge in [-0.3, -0.25) is 14.5 Å². The van der Waals surface area contributed by atoms with Crippen molar-refractivity contribution in [2.75, 3.05) is 39.3 Å². The normalized spacial score (nSPS) is 42.6. The van der Waals surface area contributed by atoms with Crippen molar-refractivity contribution >= 4 is 11.8 Å². The molecule has 0 radical (unpaired) electrons. The topological polar surface area (TPSA) is 53.1 Å². The zero-order chi connectivity index (χ0) is 21.9. The van der Waals surface area contributed by atoms with Gasteiger partial charge in [-0.2, -0.15) is 0 Å². The van der Waals surface area contributed by atoms with Crippen LogP contribution in [-0.2, 0) is 14.3 Å². The lowest BCUT2D eigenvalue weighted by Crippen LogP contribution is -2.58. The van der Waals surface area contributed by atoms with E-state index in [1.165, 1.54) is 19.3 Å². The van der Waals surface area contributed by atoms with E-state index in [1.54, 1.807) is 0 Å². The number of hydrogen-bond donors (Lipinski definition) is 0. The molecule has 0 aromatic heterocycles. The van der Waals surface area contributed by atoms with Crippen LogP contribution in [0.3, 0.4) is 0 Å². The van der Waals surface area contributed by atoms with Crippen LogP contribution in [0, 0.1) is 23.2 Å². The molecule has 0 aromatic carbocycles. The Morgan fingerprint density at radius 3 is 2.16 bits per heavy atom. The maximum Gasteiger partial charge on any atom is 0.245 e. The summed E-state index contributed by atoms with van der Waals surface area (Å²) in [7, 11) is 0. The van der Waals surface area contributed by atoms with Crippen molar-refractivity contribution in [2.45, 2.75) is 89.3 Å². The molecule has 32 heavy (non-hydrogen) atoms. The van der Waals surface area contributed by atoms with Gasteiger partial charge in [-0.1, -0.05) is 0 Å². The molecule has 4 saturated carbocycles. The molecule has 7 aliphatic rings. The summed E-state index contributed by atoms with van der Waals surface area (Å²) in [5.41, 5.74) is -0.127. The van der Waals surface area contributed by atoms with Crippen LogP contribution in [0.25, 0.3) is 0 Å². The predicted octanol–water partition coefficient (Wildman–Crippen LogP) is 2.91. The highest BCUT2D eigenvalue weighted by molar-refractivity contribution is 5.91. The van der Waals surface area contributed by atoms with Crippen molar-refractivity contribution in [3.8, 4) is 0 Å². The van der Waals surface area contributed by atoms with Crippen molar-refractivity contribution in [2.24, 2.45) is 23.2 Å². The summed E-state index contributed by atoms with van der Waals surface area (Å²) < 4.78 is 5.70. The summed E-state index contributed by atoms with van der Waals surface area (Å²) in [6.45, 7) is 7.47. The molecule has 2 unspecified atom stereocenters. The van der Waals surface area contributed by atoms with Crippen molar-refractivity contribution in [3.05, 3.63) is 0 Å². The number of carbonyl (C=O) groups is 2. The summed E-state index contributed by atoms with van der Waals surface area (Å²) in [4.78, 5) is 34.2. The quantitative estimate of drug-likeness (QED) is 0.673. The molecule has 6 nitrogen and oxygen atoms in total. The molecule has 7 rings (SSSR count). The molecular formula is C26H41N3O3. The molecule has 3 aliphatic heterocycles. The van der Waals surface area contributed by atoms with Gasteiger partial charge in [0.2, 0.25) is 11.8 Å². The molecule has 2 amide bonds. The lowest BCUT2D eigenvalue weighted by molar-refractivity contribution is -0.162. The van der Waals surface area contributed by atoms with Crippen LogP contribution in [0.1, 0.15) is 71.1 Å². The van der Waals surface area contributed by atoms with Crippen LogP contribution in [0.15, 0.2) is 0 Å². The van der Waals surface area contributed by atoms with E-state index in [0.29, 0.717) is 18.1 Å². The standard InChI is InChI=1S/C26H41N3O3/c1-18-17-28(9-10-32-18)22-4-7-27(8-5-22)24(30)23-3-2-6-29(23)25(31)26-14-19-11-20(15-26)13-21(12-19)16-26/h18-23H,2-17H2,1H3. The van der Waals surface area contributed by atoms with Gasteiger partial charge in [-0.05, 0) is 88.9 Å². The van der Waals surface area contributed by atoms with Gasteiger partial charge in [0.1, 0.15) is 6.04 Å². The largest absolute Gasteiger partial charge is 0.376 e. The van der Waals surface area contributed by atoms with Crippen LogP contribution in [0.5, 0.6) is 0 Å². The van der Waals surface area contributed by atoms with Gasteiger partial charge in [-0.15, -0.1) is 0 Å². The second kappa shape index (κ2) is 8.26. The molecule has 4 aliphatic carbocycles. The number of rotatable bonds is 3. The van der Waals surface area contributed by atoms with E-state index in [4.69, 9.17) is 4.74 Å². The van der Waals surface area contributed by atoms with Crippen LogP contribution < -0.4 is 0 Å². The van der Waals surface area contributed by atoms with E-state index in [9.17, 15) is 9.59 Å². The van der Waals surface area contributed by atoms with E-state index >= 15 is 0 Å². The molecule has 7 fully saturated rings. The van der Waals surface area contributed by atoms with Crippen molar-refractivity contribution in [1.82, 2.24) is 14.7 Å². The second-order valence-electron chi connectivity index (χ2n) is 12.1. The molecule has 3 heterocycles. The zero-order valence-electron chi connectivity index (χ0n) is 19.8. The molecule has 4 bridgehead atoms. The van der Waals surface area contributed by atoms with Crippen LogP contribution in [-0.4, -0.2) is 84.0 Å². The third-order valence-electron chi connectivity index (χ3n) is 9.86. The number of carbonyl (C=O) groups excluding carboxylic acids is 2. The van der Waals surface area contributed by atoms with E-state index in [1.807, 2.05) is 4.90 Å². The highest BCUT2D eigenvalue weighted by Gasteiger charge is 2.57. The zero-order valence-corrected chi connectivity index (χ0v) is 19.8. The Bertz CT molecular complexity index is 711. The van der Waals surface area contributed by atoms with Crippen LogP contribution >= 0.6 is 0 Å². The van der Waals surface area contributed by atoms with E-state index in [0.717, 1.165) is 102 Å². The smallest absolute Gasteiger partial charge is 0.245 e. The fourth-order valence-corrected chi connectivity index (χ4v) is 8.78. The average Bonchev–Trinajstić information content (AvgIpc) is 3.27. The minimum atomic E-state index is -0.199. The van der Waals surface area contributed by atoms with Crippen LogP contribution in [0.2, 0.25) is 0 Å². The van der Waals surface area contributed by atoms with E-state index < -0.39 is 0 Å². The first kappa shape index (κ1) is 21.4. The number of nitrogens with zero attached hydrogens (tertiary/aromatic N) is 3. The maximum absolute atomic E-state index is 13.9. The Labute approximate surface area is 193 Å². The lowest BCUT2D eigenvalue weighted by atomic mass is 9.49. The average molecular weight is 444 g/mol. The maximum atomic E-state index is 13.9. The summed E-state index contributed by atoms with van der Waals surface area (Å²) in [5, 5.41) is 0. The predicted molar refractivity (Wildman–Crippen MR) is 122 cm³/mol.